The van der Waals surface area contributed by atoms with Crippen LogP contribution in [0.15, 0.2) is 22.0 Å². The molecule has 19 heavy (non-hydrogen) atoms. The van der Waals surface area contributed by atoms with E-state index in [2.05, 4.69) is 9.71 Å². The highest BCUT2D eigenvalue weighted by molar-refractivity contribution is 7.99. The van der Waals surface area contributed by atoms with Crippen LogP contribution in [0.1, 0.15) is 19.3 Å². The van der Waals surface area contributed by atoms with E-state index in [1.54, 1.807) is 11.8 Å². The van der Waals surface area contributed by atoms with Crippen LogP contribution in [0.3, 0.4) is 0 Å². The second-order valence-electron chi connectivity index (χ2n) is 4.45. The summed E-state index contributed by atoms with van der Waals surface area (Å²) in [4.78, 5) is 13.4. The number of nitrogens with one attached hydrogen (secondary N) is 2. The molecule has 0 radical (unpaired) electrons. The van der Waals surface area contributed by atoms with Crippen LogP contribution in [0.2, 0.25) is 5.02 Å². The Morgan fingerprint density at radius 3 is 2.84 bits per heavy atom. The average Bonchev–Trinajstić information content (AvgIpc) is 2.79. The lowest BCUT2D eigenvalue weighted by Gasteiger charge is -2.19. The first-order chi connectivity index (χ1) is 8.94. The molecule has 2 atom stereocenters. The SMILES string of the molecule is CSC1CCCC1NS(=O)(=O)c1c[nH]c(=O)c(Cl)c1. The Labute approximate surface area is 121 Å². The summed E-state index contributed by atoms with van der Waals surface area (Å²) in [6.45, 7) is 0. The van der Waals surface area contributed by atoms with Crippen molar-refractivity contribution < 1.29 is 8.42 Å². The lowest BCUT2D eigenvalue weighted by atomic mass is 10.3. The molecule has 1 aromatic rings. The van der Waals surface area contributed by atoms with Crippen LogP contribution in [0.5, 0.6) is 0 Å². The average molecular weight is 323 g/mol. The van der Waals surface area contributed by atoms with Gasteiger partial charge in [-0.25, -0.2) is 13.1 Å². The molecule has 2 N–H and O–H groups in total. The standard InChI is InChI=1S/C11H15ClN2O3S2/c1-18-10-4-2-3-9(10)14-19(16,17)7-5-8(12)11(15)13-6-7/h5-6,9-10,14H,2-4H2,1H3,(H,13,15). The number of rotatable bonds is 4. The predicted molar refractivity (Wildman–Crippen MR) is 77.3 cm³/mol. The molecule has 1 fully saturated rings. The third kappa shape index (κ3) is 3.34. The zero-order chi connectivity index (χ0) is 14.0. The van der Waals surface area contributed by atoms with Gasteiger partial charge in [0, 0.05) is 17.5 Å². The molecule has 0 spiro atoms. The van der Waals surface area contributed by atoms with Gasteiger partial charge in [-0.3, -0.25) is 4.79 Å². The topological polar surface area (TPSA) is 79.0 Å². The van der Waals surface area contributed by atoms with Crippen molar-refractivity contribution >= 4 is 33.4 Å². The highest BCUT2D eigenvalue weighted by atomic mass is 35.5. The number of H-pyrrole nitrogens is 1. The number of thioether (sulfide) groups is 1. The molecule has 5 nitrogen and oxygen atoms in total. The first-order valence-electron chi connectivity index (χ1n) is 5.87. The molecular formula is C11H15ClN2O3S2. The van der Waals surface area contributed by atoms with E-state index in [9.17, 15) is 13.2 Å². The summed E-state index contributed by atoms with van der Waals surface area (Å²) in [5.41, 5.74) is -0.497. The van der Waals surface area contributed by atoms with Crippen LogP contribution >= 0.6 is 23.4 Å². The first-order valence-corrected chi connectivity index (χ1v) is 9.02. The van der Waals surface area contributed by atoms with E-state index in [0.29, 0.717) is 5.25 Å². The zero-order valence-corrected chi connectivity index (χ0v) is 12.7. The number of hydrogen-bond donors (Lipinski definition) is 2. The fourth-order valence-corrected chi connectivity index (χ4v) is 4.76. The normalized spacial score (nSPS) is 23.7. The summed E-state index contributed by atoms with van der Waals surface area (Å²) in [6, 6.07) is 1.11. The van der Waals surface area contributed by atoms with E-state index >= 15 is 0 Å². The third-order valence-corrected chi connectivity index (χ3v) is 6.12. The lowest BCUT2D eigenvalue weighted by Crippen LogP contribution is -2.38. The van der Waals surface area contributed by atoms with E-state index in [1.807, 2.05) is 6.26 Å². The molecule has 2 unspecified atom stereocenters. The zero-order valence-electron chi connectivity index (χ0n) is 10.3. The number of halogens is 1. The maximum absolute atomic E-state index is 12.2. The van der Waals surface area contributed by atoms with Crippen LogP contribution in [0.4, 0.5) is 0 Å². The van der Waals surface area contributed by atoms with Gasteiger partial charge in [-0.15, -0.1) is 0 Å². The fraction of sp³-hybridized carbons (Fsp3) is 0.545. The molecule has 2 rings (SSSR count). The van der Waals surface area contributed by atoms with E-state index in [0.717, 1.165) is 19.3 Å². The molecule has 1 aliphatic rings. The predicted octanol–water partition coefficient (Wildman–Crippen LogP) is 1.59. The van der Waals surface area contributed by atoms with Gasteiger partial charge < -0.3 is 4.98 Å². The summed E-state index contributed by atoms with van der Waals surface area (Å²) in [6.07, 6.45) is 6.02. The van der Waals surface area contributed by atoms with Gasteiger partial charge >= 0.3 is 0 Å². The Balaban J connectivity index is 2.22. The molecule has 1 aliphatic carbocycles. The van der Waals surface area contributed by atoms with Gasteiger partial charge in [0.05, 0.1) is 4.90 Å². The minimum atomic E-state index is -3.64. The smallest absolute Gasteiger partial charge is 0.266 e. The molecule has 0 aromatic carbocycles. The second-order valence-corrected chi connectivity index (χ2v) is 7.64. The Kier molecular flexibility index (Phi) is 4.60. The van der Waals surface area contributed by atoms with Crippen molar-refractivity contribution in [3.63, 3.8) is 0 Å². The largest absolute Gasteiger partial charge is 0.326 e. The quantitative estimate of drug-likeness (QED) is 0.882. The van der Waals surface area contributed by atoms with Gasteiger partial charge in [0.1, 0.15) is 5.02 Å². The second kappa shape index (κ2) is 5.87. The third-order valence-electron chi connectivity index (χ3n) is 3.20. The van der Waals surface area contributed by atoms with Gasteiger partial charge in [-0.05, 0) is 25.2 Å². The molecule has 8 heteroatoms. The Hall–Kier alpha value is -0.500. The number of aromatic nitrogens is 1. The molecule has 0 aliphatic heterocycles. The highest BCUT2D eigenvalue weighted by Gasteiger charge is 2.30. The maximum Gasteiger partial charge on any atom is 0.266 e. The van der Waals surface area contributed by atoms with Crippen molar-refractivity contribution in [2.75, 3.05) is 6.26 Å². The fourth-order valence-electron chi connectivity index (χ4n) is 2.20. The van der Waals surface area contributed by atoms with E-state index in [4.69, 9.17) is 11.6 Å². The van der Waals surface area contributed by atoms with Gasteiger partial charge in [0.2, 0.25) is 10.0 Å². The summed E-state index contributed by atoms with van der Waals surface area (Å²) < 4.78 is 27.1. The molecule has 0 amide bonds. The van der Waals surface area contributed by atoms with Crippen molar-refractivity contribution in [3.05, 3.63) is 27.6 Å². The molecule has 0 saturated heterocycles. The van der Waals surface area contributed by atoms with Gasteiger partial charge in [0.15, 0.2) is 0 Å². The molecule has 1 saturated carbocycles. The monoisotopic (exact) mass is 322 g/mol. The molecule has 106 valence electrons. The summed E-state index contributed by atoms with van der Waals surface area (Å²) in [7, 11) is -3.64. The lowest BCUT2D eigenvalue weighted by molar-refractivity contribution is 0.555. The van der Waals surface area contributed by atoms with E-state index in [-0.39, 0.29) is 16.0 Å². The van der Waals surface area contributed by atoms with Crippen LogP contribution in [0.25, 0.3) is 0 Å². The van der Waals surface area contributed by atoms with Gasteiger partial charge in [0.25, 0.3) is 5.56 Å². The van der Waals surface area contributed by atoms with E-state index in [1.165, 1.54) is 12.3 Å². The van der Waals surface area contributed by atoms with Crippen molar-refractivity contribution in [3.8, 4) is 0 Å². The summed E-state index contributed by atoms with van der Waals surface area (Å²) in [5.74, 6) is 0. The Morgan fingerprint density at radius 2 is 2.21 bits per heavy atom. The molecule has 1 aromatic heterocycles. The number of pyridine rings is 1. The van der Waals surface area contributed by atoms with E-state index < -0.39 is 15.6 Å². The van der Waals surface area contributed by atoms with Crippen molar-refractivity contribution in [1.29, 1.82) is 0 Å². The van der Waals surface area contributed by atoms with Gasteiger partial charge in [-0.2, -0.15) is 11.8 Å². The van der Waals surface area contributed by atoms with Crippen LogP contribution in [-0.2, 0) is 10.0 Å². The molecular weight excluding hydrogens is 308 g/mol. The Morgan fingerprint density at radius 1 is 1.47 bits per heavy atom. The van der Waals surface area contributed by atoms with Crippen LogP contribution < -0.4 is 10.3 Å². The minimum Gasteiger partial charge on any atom is -0.326 e. The first kappa shape index (κ1) is 14.9. The van der Waals surface area contributed by atoms with Crippen molar-refractivity contribution in [2.45, 2.75) is 35.4 Å². The number of sulfonamides is 1. The van der Waals surface area contributed by atoms with Crippen molar-refractivity contribution in [1.82, 2.24) is 9.71 Å². The summed E-state index contributed by atoms with van der Waals surface area (Å²) >= 11 is 7.32. The van der Waals surface area contributed by atoms with Crippen LogP contribution in [0, 0.1) is 0 Å². The number of hydrogen-bond acceptors (Lipinski definition) is 4. The Bertz CT molecular complexity index is 615. The minimum absolute atomic E-state index is 0.0103. The van der Waals surface area contributed by atoms with Crippen molar-refractivity contribution in [2.24, 2.45) is 0 Å². The highest BCUT2D eigenvalue weighted by Crippen LogP contribution is 2.29. The molecule has 1 heterocycles. The maximum atomic E-state index is 12.2. The van der Waals surface area contributed by atoms with Gasteiger partial charge in [-0.1, -0.05) is 18.0 Å². The summed E-state index contributed by atoms with van der Waals surface area (Å²) in [5, 5.41) is 0.170. The molecule has 0 bridgehead atoms. The number of aromatic amines is 1. The van der Waals surface area contributed by atoms with Crippen LogP contribution in [-0.4, -0.2) is 30.9 Å².